The molecule has 0 saturated carbocycles. The lowest BCUT2D eigenvalue weighted by atomic mass is 10.0. The van der Waals surface area contributed by atoms with E-state index in [1.807, 2.05) is 13.0 Å². The summed E-state index contributed by atoms with van der Waals surface area (Å²) < 4.78 is 0. The minimum Gasteiger partial charge on any atom is -0.342 e. The first kappa shape index (κ1) is 13.6. The SMILES string of the molecule is CC[C@@H]1NC(=O)[C@H]2CN(Cc3cccs3)CCN2C1=O. The van der Waals surface area contributed by atoms with Crippen molar-refractivity contribution in [2.75, 3.05) is 19.6 Å². The molecule has 0 spiro atoms. The Kier molecular flexibility index (Phi) is 3.76. The second kappa shape index (κ2) is 5.54. The number of amides is 2. The Labute approximate surface area is 122 Å². The highest BCUT2D eigenvalue weighted by atomic mass is 32.1. The predicted octanol–water partition coefficient (Wildman–Crippen LogP) is 0.669. The van der Waals surface area contributed by atoms with Crippen LogP contribution in [0, 0.1) is 0 Å². The topological polar surface area (TPSA) is 52.7 Å². The van der Waals surface area contributed by atoms with Crippen LogP contribution in [0.25, 0.3) is 0 Å². The number of nitrogens with one attached hydrogen (secondary N) is 1. The van der Waals surface area contributed by atoms with E-state index in [-0.39, 0.29) is 23.9 Å². The van der Waals surface area contributed by atoms with E-state index in [1.54, 1.807) is 16.2 Å². The molecule has 3 heterocycles. The van der Waals surface area contributed by atoms with Gasteiger partial charge in [-0.2, -0.15) is 0 Å². The van der Waals surface area contributed by atoms with Crippen LogP contribution in [-0.4, -0.2) is 53.3 Å². The van der Waals surface area contributed by atoms with Gasteiger partial charge in [-0.15, -0.1) is 11.3 Å². The Hall–Kier alpha value is -1.40. The van der Waals surface area contributed by atoms with Crippen molar-refractivity contribution in [1.29, 1.82) is 0 Å². The summed E-state index contributed by atoms with van der Waals surface area (Å²) in [6.45, 7) is 4.91. The Bertz CT molecular complexity index is 503. The van der Waals surface area contributed by atoms with Gasteiger partial charge in [0.1, 0.15) is 12.1 Å². The first-order chi connectivity index (χ1) is 9.69. The van der Waals surface area contributed by atoms with Crippen molar-refractivity contribution in [3.05, 3.63) is 22.4 Å². The van der Waals surface area contributed by atoms with E-state index in [0.29, 0.717) is 19.5 Å². The number of rotatable bonds is 3. The smallest absolute Gasteiger partial charge is 0.245 e. The number of piperazine rings is 2. The molecule has 0 bridgehead atoms. The summed E-state index contributed by atoms with van der Waals surface area (Å²) in [5.41, 5.74) is 0. The summed E-state index contributed by atoms with van der Waals surface area (Å²) in [6, 6.07) is 3.50. The van der Waals surface area contributed by atoms with E-state index in [2.05, 4.69) is 21.7 Å². The molecule has 2 atom stereocenters. The lowest BCUT2D eigenvalue weighted by Crippen LogP contribution is -2.68. The molecule has 1 aromatic heterocycles. The quantitative estimate of drug-likeness (QED) is 0.891. The first-order valence-corrected chi connectivity index (χ1v) is 7.92. The minimum atomic E-state index is -0.331. The molecule has 108 valence electrons. The largest absolute Gasteiger partial charge is 0.342 e. The molecule has 2 fully saturated rings. The maximum Gasteiger partial charge on any atom is 0.245 e. The first-order valence-electron chi connectivity index (χ1n) is 7.04. The Balaban J connectivity index is 1.68. The molecule has 0 aliphatic carbocycles. The van der Waals surface area contributed by atoms with Gasteiger partial charge in [-0.1, -0.05) is 13.0 Å². The summed E-state index contributed by atoms with van der Waals surface area (Å²) in [5.74, 6) is 0.0696. The molecule has 3 rings (SSSR count). The van der Waals surface area contributed by atoms with Gasteiger partial charge in [0, 0.05) is 31.1 Å². The number of hydrogen-bond acceptors (Lipinski definition) is 4. The second-order valence-electron chi connectivity index (χ2n) is 5.33. The second-order valence-corrected chi connectivity index (χ2v) is 6.36. The van der Waals surface area contributed by atoms with Gasteiger partial charge in [0.15, 0.2) is 0 Å². The summed E-state index contributed by atoms with van der Waals surface area (Å²) in [7, 11) is 0. The van der Waals surface area contributed by atoms with Crippen molar-refractivity contribution >= 4 is 23.2 Å². The van der Waals surface area contributed by atoms with Gasteiger partial charge in [0.2, 0.25) is 11.8 Å². The van der Waals surface area contributed by atoms with Crippen LogP contribution in [0.5, 0.6) is 0 Å². The van der Waals surface area contributed by atoms with E-state index in [4.69, 9.17) is 0 Å². The van der Waals surface area contributed by atoms with E-state index in [0.717, 1.165) is 13.1 Å². The van der Waals surface area contributed by atoms with Gasteiger partial charge in [0.05, 0.1) is 0 Å². The Morgan fingerprint density at radius 1 is 1.40 bits per heavy atom. The maximum absolute atomic E-state index is 12.3. The third-order valence-corrected chi connectivity index (χ3v) is 4.89. The molecule has 2 aliphatic rings. The van der Waals surface area contributed by atoms with Gasteiger partial charge in [-0.25, -0.2) is 0 Å². The van der Waals surface area contributed by atoms with Crippen molar-refractivity contribution in [3.63, 3.8) is 0 Å². The monoisotopic (exact) mass is 293 g/mol. The molecule has 6 heteroatoms. The Morgan fingerprint density at radius 3 is 2.95 bits per heavy atom. The third-order valence-electron chi connectivity index (χ3n) is 4.03. The lowest BCUT2D eigenvalue weighted by Gasteiger charge is -2.45. The number of nitrogens with zero attached hydrogens (tertiary/aromatic N) is 2. The molecule has 1 N–H and O–H groups in total. The van der Waals surface area contributed by atoms with Gasteiger partial charge < -0.3 is 10.2 Å². The highest BCUT2D eigenvalue weighted by Crippen LogP contribution is 2.20. The average Bonchev–Trinajstić information content (AvgIpc) is 2.95. The highest BCUT2D eigenvalue weighted by molar-refractivity contribution is 7.09. The minimum absolute atomic E-state index is 0.00710. The van der Waals surface area contributed by atoms with Crippen molar-refractivity contribution < 1.29 is 9.59 Å². The molecule has 2 saturated heterocycles. The normalized spacial score (nSPS) is 27.4. The van der Waals surface area contributed by atoms with Gasteiger partial charge in [-0.3, -0.25) is 14.5 Å². The molecular weight excluding hydrogens is 274 g/mol. The fourth-order valence-corrected chi connectivity index (χ4v) is 3.65. The molecule has 20 heavy (non-hydrogen) atoms. The molecular formula is C14H19N3O2S. The average molecular weight is 293 g/mol. The number of thiophene rings is 1. The van der Waals surface area contributed by atoms with Crippen LogP contribution in [0.4, 0.5) is 0 Å². The van der Waals surface area contributed by atoms with Crippen LogP contribution >= 0.6 is 11.3 Å². The van der Waals surface area contributed by atoms with Gasteiger partial charge >= 0.3 is 0 Å². The van der Waals surface area contributed by atoms with Crippen LogP contribution in [-0.2, 0) is 16.1 Å². The van der Waals surface area contributed by atoms with Crippen LogP contribution < -0.4 is 5.32 Å². The lowest BCUT2D eigenvalue weighted by molar-refractivity contribution is -0.153. The van der Waals surface area contributed by atoms with Crippen LogP contribution in [0.1, 0.15) is 18.2 Å². The molecule has 2 aliphatic heterocycles. The van der Waals surface area contributed by atoms with E-state index in [9.17, 15) is 9.59 Å². The molecule has 0 aromatic carbocycles. The molecule has 1 aromatic rings. The van der Waals surface area contributed by atoms with Crippen molar-refractivity contribution in [1.82, 2.24) is 15.1 Å². The Morgan fingerprint density at radius 2 is 2.25 bits per heavy atom. The zero-order valence-corrected chi connectivity index (χ0v) is 12.4. The maximum atomic E-state index is 12.3. The van der Waals surface area contributed by atoms with E-state index < -0.39 is 0 Å². The summed E-state index contributed by atoms with van der Waals surface area (Å²) >= 11 is 1.73. The van der Waals surface area contributed by atoms with Crippen LogP contribution in [0.2, 0.25) is 0 Å². The summed E-state index contributed by atoms with van der Waals surface area (Å²) in [5, 5.41) is 4.90. The fraction of sp³-hybridized carbons (Fsp3) is 0.571. The van der Waals surface area contributed by atoms with Gasteiger partial charge in [-0.05, 0) is 17.9 Å². The summed E-state index contributed by atoms with van der Waals surface area (Å²) in [4.78, 5) is 29.7. The molecule has 2 amide bonds. The van der Waals surface area contributed by atoms with Crippen LogP contribution in [0.15, 0.2) is 17.5 Å². The molecule has 5 nitrogen and oxygen atoms in total. The van der Waals surface area contributed by atoms with Crippen molar-refractivity contribution in [3.8, 4) is 0 Å². The predicted molar refractivity (Wildman–Crippen MR) is 77.3 cm³/mol. The highest BCUT2D eigenvalue weighted by Gasteiger charge is 2.42. The third kappa shape index (κ3) is 2.45. The number of carbonyl (C=O) groups is 2. The zero-order chi connectivity index (χ0) is 14.1. The van der Waals surface area contributed by atoms with Crippen molar-refractivity contribution in [2.24, 2.45) is 0 Å². The van der Waals surface area contributed by atoms with Crippen molar-refractivity contribution in [2.45, 2.75) is 32.0 Å². The number of hydrogen-bond donors (Lipinski definition) is 1. The molecule has 0 unspecified atom stereocenters. The fourth-order valence-electron chi connectivity index (χ4n) is 2.90. The standard InChI is InChI=1S/C14H19N3O2S/c1-2-11-14(19)17-6-5-16(8-10-4-3-7-20-10)9-12(17)13(18)15-11/h3-4,7,11-12H,2,5-6,8-9H2,1H3,(H,15,18)/t11-,12+/m0/s1. The van der Waals surface area contributed by atoms with Gasteiger partial charge in [0.25, 0.3) is 0 Å². The van der Waals surface area contributed by atoms with E-state index in [1.165, 1.54) is 4.88 Å². The number of carbonyl (C=O) groups excluding carboxylic acids is 2. The molecule has 0 radical (unpaired) electrons. The summed E-state index contributed by atoms with van der Waals surface area (Å²) in [6.07, 6.45) is 0.659. The van der Waals surface area contributed by atoms with Crippen LogP contribution in [0.3, 0.4) is 0 Å². The number of fused-ring (bicyclic) bond motifs is 1. The zero-order valence-electron chi connectivity index (χ0n) is 11.5. The van der Waals surface area contributed by atoms with E-state index >= 15 is 0 Å².